The van der Waals surface area contributed by atoms with Gasteiger partial charge in [-0.2, -0.15) is 0 Å². The van der Waals surface area contributed by atoms with Crippen molar-refractivity contribution in [1.82, 2.24) is 25.3 Å². The highest BCUT2D eigenvalue weighted by atomic mass is 16.2. The molecule has 2 aliphatic rings. The number of guanidine groups is 1. The maximum Gasteiger partial charge on any atom is 0.243 e. The maximum atomic E-state index is 12.0. The number of likely N-dealkylation sites (tertiary alicyclic amines) is 1. The molecule has 2 rings (SSSR count). The number of hydrogen-bond acceptors (Lipinski definition) is 4. The third-order valence-corrected chi connectivity index (χ3v) is 6.23. The van der Waals surface area contributed by atoms with E-state index in [-0.39, 0.29) is 12.5 Å². The number of carbonyl (C=O) groups excluding carboxylic acids is 1. The molecule has 0 aromatic rings. The Balaban J connectivity index is 1.98. The van der Waals surface area contributed by atoms with Crippen LogP contribution in [0.15, 0.2) is 4.99 Å². The molecule has 7 heteroatoms. The van der Waals surface area contributed by atoms with Crippen molar-refractivity contribution in [3.05, 3.63) is 0 Å². The van der Waals surface area contributed by atoms with Crippen LogP contribution in [0.1, 0.15) is 45.4 Å². The molecule has 1 aliphatic heterocycles. The smallest absolute Gasteiger partial charge is 0.243 e. The van der Waals surface area contributed by atoms with Gasteiger partial charge in [0, 0.05) is 45.2 Å². The lowest BCUT2D eigenvalue weighted by Gasteiger charge is -2.33. The monoisotopic (exact) mass is 394 g/mol. The highest BCUT2D eigenvalue weighted by Crippen LogP contribution is 2.37. The Morgan fingerprint density at radius 2 is 1.86 bits per heavy atom. The highest BCUT2D eigenvalue weighted by molar-refractivity contribution is 5.84. The molecule has 1 unspecified atom stereocenters. The van der Waals surface area contributed by atoms with E-state index in [1.54, 1.807) is 19.0 Å². The molecule has 1 amide bonds. The lowest BCUT2D eigenvalue weighted by Crippen LogP contribution is -2.49. The summed E-state index contributed by atoms with van der Waals surface area (Å²) in [6.45, 7) is 7.59. The number of nitrogens with zero attached hydrogens (tertiary/aromatic N) is 4. The molecule has 7 nitrogen and oxygen atoms in total. The second kappa shape index (κ2) is 11.0. The Bertz CT molecular complexity index is 513. The fourth-order valence-corrected chi connectivity index (χ4v) is 4.68. The van der Waals surface area contributed by atoms with Crippen LogP contribution in [-0.2, 0) is 4.79 Å². The van der Waals surface area contributed by atoms with Crippen LogP contribution in [0.4, 0.5) is 0 Å². The van der Waals surface area contributed by atoms with Crippen LogP contribution in [0, 0.1) is 5.41 Å². The molecule has 0 bridgehead atoms. The Labute approximate surface area is 171 Å². The zero-order chi connectivity index (χ0) is 20.6. The fourth-order valence-electron chi connectivity index (χ4n) is 4.68. The van der Waals surface area contributed by atoms with E-state index >= 15 is 0 Å². The number of likely N-dealkylation sites (N-methyl/N-ethyl adjacent to an activating group) is 2. The van der Waals surface area contributed by atoms with E-state index in [0.29, 0.717) is 11.5 Å². The van der Waals surface area contributed by atoms with Crippen LogP contribution in [0.25, 0.3) is 0 Å². The maximum absolute atomic E-state index is 12.0. The molecule has 0 radical (unpaired) electrons. The van der Waals surface area contributed by atoms with Crippen LogP contribution in [-0.4, -0.2) is 100 Å². The average molecular weight is 395 g/mol. The van der Waals surface area contributed by atoms with Crippen molar-refractivity contribution in [3.8, 4) is 0 Å². The van der Waals surface area contributed by atoms with Gasteiger partial charge in [0.1, 0.15) is 6.54 Å². The van der Waals surface area contributed by atoms with Crippen molar-refractivity contribution in [2.45, 2.75) is 51.5 Å². The molecule has 2 N–H and O–H groups in total. The minimum Gasteiger partial charge on any atom is -0.356 e. The van der Waals surface area contributed by atoms with Crippen molar-refractivity contribution in [2.75, 3.05) is 67.5 Å². The van der Waals surface area contributed by atoms with Crippen molar-refractivity contribution in [1.29, 1.82) is 0 Å². The first-order chi connectivity index (χ1) is 13.3. The number of hydrogen-bond donors (Lipinski definition) is 2. The third-order valence-electron chi connectivity index (χ3n) is 6.23. The van der Waals surface area contributed by atoms with E-state index in [1.165, 1.54) is 45.1 Å². The molecular weight excluding hydrogens is 352 g/mol. The van der Waals surface area contributed by atoms with Crippen LogP contribution < -0.4 is 10.6 Å². The van der Waals surface area contributed by atoms with Gasteiger partial charge in [0.25, 0.3) is 0 Å². The predicted molar refractivity (Wildman–Crippen MR) is 117 cm³/mol. The zero-order valence-electron chi connectivity index (χ0n) is 18.8. The number of aliphatic imine (C=N–C) groups is 1. The molecule has 162 valence electrons. The van der Waals surface area contributed by atoms with Gasteiger partial charge in [-0.25, -0.2) is 4.99 Å². The lowest BCUT2D eigenvalue weighted by molar-refractivity contribution is -0.127. The lowest BCUT2D eigenvalue weighted by atomic mass is 9.85. The molecule has 1 saturated carbocycles. The Morgan fingerprint density at radius 3 is 2.46 bits per heavy atom. The van der Waals surface area contributed by atoms with E-state index in [2.05, 4.69) is 46.4 Å². The van der Waals surface area contributed by atoms with Crippen molar-refractivity contribution in [3.63, 3.8) is 0 Å². The van der Waals surface area contributed by atoms with Gasteiger partial charge in [0.05, 0.1) is 0 Å². The molecule has 0 aromatic carbocycles. The summed E-state index contributed by atoms with van der Waals surface area (Å²) in [5, 5.41) is 7.11. The zero-order valence-corrected chi connectivity index (χ0v) is 18.8. The summed E-state index contributed by atoms with van der Waals surface area (Å²) in [6, 6.07) is 0.559. The minimum atomic E-state index is 0.0287. The Hall–Kier alpha value is -1.34. The first-order valence-electron chi connectivity index (χ1n) is 11.0. The highest BCUT2D eigenvalue weighted by Gasteiger charge is 2.34. The Morgan fingerprint density at radius 1 is 1.14 bits per heavy atom. The van der Waals surface area contributed by atoms with Crippen LogP contribution in [0.2, 0.25) is 0 Å². The van der Waals surface area contributed by atoms with Crippen LogP contribution in [0.3, 0.4) is 0 Å². The standard InChI is InChI=1S/C21H42N6O/c1-6-27-13-9-10-18(27)14-22-20(23-15-19(28)26(4)5)24-16-21(17-25(2)3)11-7-8-12-21/h18H,6-17H2,1-5H3,(H2,22,23,24). The Kier molecular flexibility index (Phi) is 9.02. The molecule has 1 aliphatic carbocycles. The normalized spacial score (nSPS) is 22.6. The molecule has 0 aromatic heterocycles. The summed E-state index contributed by atoms with van der Waals surface area (Å²) < 4.78 is 0. The van der Waals surface area contributed by atoms with E-state index in [4.69, 9.17) is 0 Å². The molecule has 1 atom stereocenters. The second-order valence-electron chi connectivity index (χ2n) is 9.06. The third kappa shape index (κ3) is 6.92. The molecular formula is C21H42N6O. The minimum absolute atomic E-state index is 0.0287. The molecule has 1 saturated heterocycles. The van der Waals surface area contributed by atoms with Gasteiger partial charge in [-0.05, 0) is 52.9 Å². The average Bonchev–Trinajstić information content (AvgIpc) is 3.29. The second-order valence-corrected chi connectivity index (χ2v) is 9.06. The molecule has 2 fully saturated rings. The van der Waals surface area contributed by atoms with E-state index in [1.807, 2.05) is 0 Å². The van der Waals surface area contributed by atoms with Gasteiger partial charge >= 0.3 is 0 Å². The van der Waals surface area contributed by atoms with Gasteiger partial charge in [-0.15, -0.1) is 0 Å². The van der Waals surface area contributed by atoms with Crippen LogP contribution >= 0.6 is 0 Å². The first kappa shape index (κ1) is 22.9. The fraction of sp³-hybridized carbons (Fsp3) is 0.905. The summed E-state index contributed by atoms with van der Waals surface area (Å²) in [4.78, 5) is 23.0. The summed E-state index contributed by atoms with van der Waals surface area (Å²) in [7, 11) is 7.87. The van der Waals surface area contributed by atoms with Crippen LogP contribution in [0.5, 0.6) is 0 Å². The topological polar surface area (TPSA) is 63.2 Å². The van der Waals surface area contributed by atoms with Crippen molar-refractivity contribution in [2.24, 2.45) is 10.4 Å². The van der Waals surface area contributed by atoms with E-state index in [9.17, 15) is 4.79 Å². The van der Waals surface area contributed by atoms with Gasteiger partial charge in [0.15, 0.2) is 5.96 Å². The molecule has 28 heavy (non-hydrogen) atoms. The SMILES string of the molecule is CCN1CCCC1CNC(=NCC(=O)N(C)C)NCC1(CN(C)C)CCCC1. The first-order valence-corrected chi connectivity index (χ1v) is 11.0. The summed E-state index contributed by atoms with van der Waals surface area (Å²) in [5.41, 5.74) is 0.306. The van der Waals surface area contributed by atoms with E-state index in [0.717, 1.165) is 32.1 Å². The van der Waals surface area contributed by atoms with Crippen molar-refractivity contribution < 1.29 is 4.79 Å². The summed E-state index contributed by atoms with van der Waals surface area (Å²) in [5.74, 6) is 0.809. The van der Waals surface area contributed by atoms with Gasteiger partial charge < -0.3 is 20.4 Å². The summed E-state index contributed by atoms with van der Waals surface area (Å²) in [6.07, 6.45) is 7.63. The number of rotatable bonds is 9. The van der Waals surface area contributed by atoms with Gasteiger partial charge in [0.2, 0.25) is 5.91 Å². The summed E-state index contributed by atoms with van der Waals surface area (Å²) >= 11 is 0. The molecule has 1 heterocycles. The predicted octanol–water partition coefficient (Wildman–Crippen LogP) is 1.22. The number of amides is 1. The number of carbonyl (C=O) groups is 1. The molecule has 0 spiro atoms. The van der Waals surface area contributed by atoms with Gasteiger partial charge in [-0.3, -0.25) is 9.69 Å². The van der Waals surface area contributed by atoms with Crippen molar-refractivity contribution >= 4 is 11.9 Å². The number of nitrogens with one attached hydrogen (secondary N) is 2. The quantitative estimate of drug-likeness (QED) is 0.455. The largest absolute Gasteiger partial charge is 0.356 e. The van der Waals surface area contributed by atoms with Gasteiger partial charge in [-0.1, -0.05) is 19.8 Å². The van der Waals surface area contributed by atoms with E-state index < -0.39 is 0 Å².